The number of benzene rings is 2. The van der Waals surface area contributed by atoms with E-state index in [0.717, 1.165) is 27.0 Å². The van der Waals surface area contributed by atoms with Crippen LogP contribution in [-0.2, 0) is 26.2 Å². The van der Waals surface area contributed by atoms with Crippen molar-refractivity contribution in [2.75, 3.05) is 23.7 Å². The zero-order valence-electron chi connectivity index (χ0n) is 19.4. The summed E-state index contributed by atoms with van der Waals surface area (Å²) in [5.41, 5.74) is 1.83. The van der Waals surface area contributed by atoms with Gasteiger partial charge in [0.05, 0.1) is 22.0 Å². The second-order valence-electron chi connectivity index (χ2n) is 7.94. The first-order valence-electron chi connectivity index (χ1n) is 10.6. The van der Waals surface area contributed by atoms with Gasteiger partial charge in [0, 0.05) is 17.6 Å². The molecule has 2 amide bonds. The van der Waals surface area contributed by atoms with Gasteiger partial charge in [-0.3, -0.25) is 13.9 Å². The van der Waals surface area contributed by atoms with Crippen LogP contribution in [-0.4, -0.2) is 50.5 Å². The molecule has 2 aromatic rings. The van der Waals surface area contributed by atoms with E-state index >= 15 is 0 Å². The average Bonchev–Trinajstić information content (AvgIpc) is 2.77. The number of aryl methyl sites for hydroxylation is 1. The summed E-state index contributed by atoms with van der Waals surface area (Å²) >= 11 is 15.5. The maximum absolute atomic E-state index is 13.5. The number of anilines is 1. The number of amides is 2. The number of halogens is 3. The molecule has 1 N–H and O–H groups in total. The van der Waals surface area contributed by atoms with Gasteiger partial charge in [-0.25, -0.2) is 8.42 Å². The molecule has 0 fully saturated rings. The van der Waals surface area contributed by atoms with Gasteiger partial charge in [0.1, 0.15) is 12.6 Å². The fourth-order valence-electron chi connectivity index (χ4n) is 3.21. The fraction of sp³-hybridized carbons (Fsp3) is 0.391. The quantitative estimate of drug-likeness (QED) is 0.430. The van der Waals surface area contributed by atoms with Gasteiger partial charge in [0.25, 0.3) is 0 Å². The van der Waals surface area contributed by atoms with Crippen molar-refractivity contribution < 1.29 is 18.0 Å². The Balaban J connectivity index is 2.41. The van der Waals surface area contributed by atoms with E-state index in [-0.39, 0.29) is 12.5 Å². The lowest BCUT2D eigenvalue weighted by atomic mass is 10.1. The molecule has 0 spiro atoms. The number of sulfonamides is 1. The van der Waals surface area contributed by atoms with Crippen LogP contribution in [0.15, 0.2) is 40.9 Å². The molecule has 0 saturated heterocycles. The van der Waals surface area contributed by atoms with Crippen molar-refractivity contribution >= 4 is 66.7 Å². The Morgan fingerprint density at radius 1 is 1.12 bits per heavy atom. The predicted molar refractivity (Wildman–Crippen MR) is 141 cm³/mol. The summed E-state index contributed by atoms with van der Waals surface area (Å²) in [5.74, 6) is -0.864. The van der Waals surface area contributed by atoms with Crippen molar-refractivity contribution in [2.24, 2.45) is 0 Å². The summed E-state index contributed by atoms with van der Waals surface area (Å²) in [7, 11) is -3.79. The van der Waals surface area contributed by atoms with Gasteiger partial charge in [-0.2, -0.15) is 0 Å². The van der Waals surface area contributed by atoms with Crippen LogP contribution in [0, 0.1) is 6.92 Å². The molecule has 0 aliphatic carbocycles. The van der Waals surface area contributed by atoms with Crippen LogP contribution in [0.1, 0.15) is 31.4 Å². The molecule has 0 radical (unpaired) electrons. The summed E-state index contributed by atoms with van der Waals surface area (Å²) in [4.78, 5) is 27.5. The summed E-state index contributed by atoms with van der Waals surface area (Å²) in [6, 6.07) is 9.11. The predicted octanol–water partition coefficient (Wildman–Crippen LogP) is 4.77. The smallest absolute Gasteiger partial charge is 0.244 e. The van der Waals surface area contributed by atoms with Crippen LogP contribution in [0.25, 0.3) is 0 Å². The van der Waals surface area contributed by atoms with E-state index in [9.17, 15) is 18.0 Å². The molecule has 2 rings (SSSR count). The van der Waals surface area contributed by atoms with Gasteiger partial charge in [0.15, 0.2) is 0 Å². The second-order valence-corrected chi connectivity index (χ2v) is 11.5. The number of hydrogen-bond acceptors (Lipinski definition) is 4. The molecule has 186 valence electrons. The van der Waals surface area contributed by atoms with E-state index in [1.54, 1.807) is 43.3 Å². The van der Waals surface area contributed by atoms with Crippen LogP contribution >= 0.6 is 39.1 Å². The first-order chi connectivity index (χ1) is 15.8. The molecule has 0 heterocycles. The zero-order valence-corrected chi connectivity index (χ0v) is 23.4. The molecule has 0 aliphatic heterocycles. The third-order valence-electron chi connectivity index (χ3n) is 5.16. The van der Waals surface area contributed by atoms with Gasteiger partial charge in [-0.15, -0.1) is 0 Å². The molecule has 1 atom stereocenters. The van der Waals surface area contributed by atoms with Crippen LogP contribution < -0.4 is 9.62 Å². The molecule has 34 heavy (non-hydrogen) atoms. The molecule has 0 aromatic heterocycles. The van der Waals surface area contributed by atoms with Crippen molar-refractivity contribution in [3.8, 4) is 0 Å². The molecule has 0 bridgehead atoms. The second kappa shape index (κ2) is 12.2. The van der Waals surface area contributed by atoms with E-state index in [2.05, 4.69) is 21.2 Å². The Labute approximate surface area is 219 Å². The maximum atomic E-state index is 13.5. The van der Waals surface area contributed by atoms with Crippen molar-refractivity contribution in [3.05, 3.63) is 62.0 Å². The number of carbonyl (C=O) groups is 2. The van der Waals surface area contributed by atoms with Gasteiger partial charge < -0.3 is 10.2 Å². The lowest BCUT2D eigenvalue weighted by Gasteiger charge is -2.31. The fourth-order valence-corrected chi connectivity index (χ4v) is 4.62. The Kier molecular flexibility index (Phi) is 10.2. The Morgan fingerprint density at radius 3 is 2.35 bits per heavy atom. The molecule has 7 nitrogen and oxygen atoms in total. The number of nitrogens with zero attached hydrogens (tertiary/aromatic N) is 2. The summed E-state index contributed by atoms with van der Waals surface area (Å²) in [6.45, 7) is 5.40. The highest BCUT2D eigenvalue weighted by atomic mass is 79.9. The molecule has 0 saturated carbocycles. The van der Waals surface area contributed by atoms with E-state index in [0.29, 0.717) is 27.8 Å². The van der Waals surface area contributed by atoms with E-state index < -0.39 is 28.5 Å². The third-order valence-corrected chi connectivity index (χ3v) is 7.93. The Hall–Kier alpha value is -1.81. The van der Waals surface area contributed by atoms with E-state index in [4.69, 9.17) is 23.2 Å². The molecule has 2 aromatic carbocycles. The number of nitrogens with one attached hydrogen (secondary N) is 1. The molecule has 0 unspecified atom stereocenters. The van der Waals surface area contributed by atoms with Crippen molar-refractivity contribution in [1.82, 2.24) is 10.2 Å². The minimum Gasteiger partial charge on any atom is -0.354 e. The van der Waals surface area contributed by atoms with Crippen molar-refractivity contribution in [2.45, 2.75) is 39.8 Å². The van der Waals surface area contributed by atoms with Crippen LogP contribution in [0.2, 0.25) is 10.0 Å². The van der Waals surface area contributed by atoms with Crippen LogP contribution in [0.3, 0.4) is 0 Å². The minimum absolute atomic E-state index is 0.0490. The minimum atomic E-state index is -3.79. The lowest BCUT2D eigenvalue weighted by Crippen LogP contribution is -2.51. The molecule has 11 heteroatoms. The highest BCUT2D eigenvalue weighted by Crippen LogP contribution is 2.26. The number of rotatable bonds is 10. The zero-order chi connectivity index (χ0) is 25.6. The summed E-state index contributed by atoms with van der Waals surface area (Å²) < 4.78 is 27.1. The number of hydrogen-bond donors (Lipinski definition) is 1. The normalized spacial score (nSPS) is 12.2. The number of carbonyl (C=O) groups excluding carboxylic acids is 2. The largest absolute Gasteiger partial charge is 0.354 e. The van der Waals surface area contributed by atoms with E-state index in [1.165, 1.54) is 4.90 Å². The lowest BCUT2D eigenvalue weighted by molar-refractivity contribution is -0.139. The highest BCUT2D eigenvalue weighted by molar-refractivity contribution is 9.10. The standard InChI is InChI=1S/C23H28BrCl2N3O4S/c1-5-10-27-23(31)16(3)28(13-17-6-9-20(25)21(26)12-17)22(30)14-29(34(4,32)33)18-7-8-19(24)15(2)11-18/h6-9,11-12,16H,5,10,13-14H2,1-4H3,(H,27,31)/t16-/m1/s1. The average molecular weight is 593 g/mol. The Morgan fingerprint density at radius 2 is 1.79 bits per heavy atom. The van der Waals surface area contributed by atoms with Crippen LogP contribution in [0.5, 0.6) is 0 Å². The summed E-state index contributed by atoms with van der Waals surface area (Å²) in [5, 5.41) is 3.47. The summed E-state index contributed by atoms with van der Waals surface area (Å²) in [6.07, 6.45) is 1.78. The van der Waals surface area contributed by atoms with Gasteiger partial charge in [-0.05, 0) is 61.7 Å². The van der Waals surface area contributed by atoms with Gasteiger partial charge in [0.2, 0.25) is 21.8 Å². The first-order valence-corrected chi connectivity index (χ1v) is 14.0. The monoisotopic (exact) mass is 591 g/mol. The van der Waals surface area contributed by atoms with Crippen LogP contribution in [0.4, 0.5) is 5.69 Å². The topological polar surface area (TPSA) is 86.8 Å². The Bertz CT molecular complexity index is 1160. The third kappa shape index (κ3) is 7.60. The van der Waals surface area contributed by atoms with Crippen molar-refractivity contribution in [1.29, 1.82) is 0 Å². The SMILES string of the molecule is CCCNC(=O)[C@@H](C)N(Cc1ccc(Cl)c(Cl)c1)C(=O)CN(c1ccc(Br)c(C)c1)S(C)(=O)=O. The molecule has 0 aliphatic rings. The highest BCUT2D eigenvalue weighted by Gasteiger charge is 2.30. The molecular weight excluding hydrogens is 565 g/mol. The molecular formula is C23H28BrCl2N3O4S. The van der Waals surface area contributed by atoms with Crippen molar-refractivity contribution in [3.63, 3.8) is 0 Å². The maximum Gasteiger partial charge on any atom is 0.244 e. The first kappa shape index (κ1) is 28.4. The van der Waals surface area contributed by atoms with E-state index in [1.807, 2.05) is 13.8 Å². The van der Waals surface area contributed by atoms with Gasteiger partial charge in [-0.1, -0.05) is 52.1 Å². The van der Waals surface area contributed by atoms with Gasteiger partial charge >= 0.3 is 0 Å².